The van der Waals surface area contributed by atoms with Crippen LogP contribution in [0, 0.1) is 5.41 Å². The van der Waals surface area contributed by atoms with Crippen LogP contribution in [-0.4, -0.2) is 41.5 Å². The van der Waals surface area contributed by atoms with Crippen LogP contribution in [-0.2, 0) is 14.3 Å². The van der Waals surface area contributed by atoms with Crippen LogP contribution in [0.5, 0.6) is 0 Å². The molecular weight excluding hydrogens is 260 g/mol. The summed E-state index contributed by atoms with van der Waals surface area (Å²) >= 11 is 0. The van der Waals surface area contributed by atoms with Crippen LogP contribution in [0.1, 0.15) is 27.2 Å². The number of aromatic amines is 1. The molecule has 2 amide bonds. The molecule has 3 N–H and O–H groups in total. The lowest BCUT2D eigenvalue weighted by Gasteiger charge is -2.28. The molecule has 1 heterocycles. The van der Waals surface area contributed by atoms with Gasteiger partial charge in [0.1, 0.15) is 6.10 Å². The number of anilines is 1. The van der Waals surface area contributed by atoms with Crippen molar-refractivity contribution >= 4 is 17.8 Å². The van der Waals surface area contributed by atoms with E-state index < -0.39 is 6.10 Å². The minimum absolute atomic E-state index is 0.174. The summed E-state index contributed by atoms with van der Waals surface area (Å²) in [6.07, 6.45) is 2.79. The third-order valence-electron chi connectivity index (χ3n) is 2.67. The number of hydrogen-bond acceptors (Lipinski definition) is 4. The zero-order chi connectivity index (χ0) is 15.2. The molecule has 7 heteroatoms. The first-order valence-corrected chi connectivity index (χ1v) is 6.44. The minimum Gasteiger partial charge on any atom is -0.371 e. The van der Waals surface area contributed by atoms with E-state index in [1.165, 1.54) is 7.11 Å². The molecule has 1 unspecified atom stereocenters. The summed E-state index contributed by atoms with van der Waals surface area (Å²) in [6, 6.07) is 0. The molecule has 0 aliphatic rings. The topological polar surface area (TPSA) is 96.1 Å². The predicted molar refractivity (Wildman–Crippen MR) is 75.1 cm³/mol. The Morgan fingerprint density at radius 2 is 2.15 bits per heavy atom. The lowest BCUT2D eigenvalue weighted by molar-refractivity contribution is -0.137. The van der Waals surface area contributed by atoms with E-state index in [1.54, 1.807) is 12.4 Å². The van der Waals surface area contributed by atoms with Gasteiger partial charge in [-0.3, -0.25) is 14.9 Å². The number of methoxy groups -OCH3 is 1. The van der Waals surface area contributed by atoms with Crippen LogP contribution in [0.15, 0.2) is 12.4 Å². The number of nitrogens with one attached hydrogen (secondary N) is 3. The van der Waals surface area contributed by atoms with Gasteiger partial charge < -0.3 is 15.0 Å². The van der Waals surface area contributed by atoms with Gasteiger partial charge in [0, 0.05) is 32.5 Å². The summed E-state index contributed by atoms with van der Waals surface area (Å²) in [5.74, 6) is -0.0402. The second-order valence-corrected chi connectivity index (χ2v) is 5.51. The van der Waals surface area contributed by atoms with Crippen LogP contribution >= 0.6 is 0 Å². The number of aromatic nitrogens is 2. The monoisotopic (exact) mass is 282 g/mol. The maximum Gasteiger partial charge on any atom is 0.249 e. The van der Waals surface area contributed by atoms with Gasteiger partial charge in [0.2, 0.25) is 17.8 Å². The number of carbonyl (C=O) groups is 2. The summed E-state index contributed by atoms with van der Waals surface area (Å²) in [5, 5.41) is 5.28. The molecular formula is C13H22N4O3. The molecule has 0 saturated carbocycles. The van der Waals surface area contributed by atoms with Gasteiger partial charge in [0.05, 0.1) is 0 Å². The van der Waals surface area contributed by atoms with Crippen molar-refractivity contribution in [1.82, 2.24) is 15.3 Å². The van der Waals surface area contributed by atoms with Crippen LogP contribution < -0.4 is 10.6 Å². The van der Waals surface area contributed by atoms with Crippen molar-refractivity contribution in [2.24, 2.45) is 5.41 Å². The van der Waals surface area contributed by atoms with Gasteiger partial charge in [0.15, 0.2) is 0 Å². The Labute approximate surface area is 118 Å². The molecule has 0 spiro atoms. The molecule has 0 saturated heterocycles. The molecule has 20 heavy (non-hydrogen) atoms. The van der Waals surface area contributed by atoms with Crippen LogP contribution in [0.3, 0.4) is 0 Å². The van der Waals surface area contributed by atoms with Gasteiger partial charge in [-0.2, -0.15) is 0 Å². The van der Waals surface area contributed by atoms with E-state index in [4.69, 9.17) is 4.74 Å². The van der Waals surface area contributed by atoms with Crippen molar-refractivity contribution < 1.29 is 14.3 Å². The van der Waals surface area contributed by atoms with Crippen molar-refractivity contribution in [2.45, 2.75) is 33.3 Å². The first kappa shape index (κ1) is 16.2. The third-order valence-corrected chi connectivity index (χ3v) is 2.67. The Bertz CT molecular complexity index is 437. The number of ether oxygens (including phenoxy) is 1. The smallest absolute Gasteiger partial charge is 0.249 e. The first-order chi connectivity index (χ1) is 9.34. The van der Waals surface area contributed by atoms with E-state index >= 15 is 0 Å². The average molecular weight is 282 g/mol. The fourth-order valence-electron chi connectivity index (χ4n) is 1.77. The van der Waals surface area contributed by atoms with Crippen LogP contribution in [0.4, 0.5) is 5.95 Å². The standard InChI is InChI=1S/C13H22N4O3/c1-13(2,3)10(20-4)11(19)14-6-5-9(18)17-12-15-7-8-16-12/h7-8,10H,5-6H2,1-4H3,(H,14,19)(H2,15,16,17,18). The van der Waals surface area contributed by atoms with Crippen LogP contribution in [0.25, 0.3) is 0 Å². The fourth-order valence-corrected chi connectivity index (χ4v) is 1.77. The van der Waals surface area contributed by atoms with Crippen molar-refractivity contribution in [3.63, 3.8) is 0 Å². The first-order valence-electron chi connectivity index (χ1n) is 6.44. The van der Waals surface area contributed by atoms with Gasteiger partial charge in [-0.1, -0.05) is 20.8 Å². The average Bonchev–Trinajstić information content (AvgIpc) is 2.80. The zero-order valence-electron chi connectivity index (χ0n) is 12.3. The van der Waals surface area contributed by atoms with E-state index in [-0.39, 0.29) is 30.2 Å². The quantitative estimate of drug-likeness (QED) is 0.722. The molecule has 0 aromatic carbocycles. The Balaban J connectivity index is 2.33. The number of H-pyrrole nitrogens is 1. The Morgan fingerprint density at radius 3 is 2.65 bits per heavy atom. The lowest BCUT2D eigenvalue weighted by atomic mass is 9.88. The highest BCUT2D eigenvalue weighted by molar-refractivity contribution is 5.89. The van der Waals surface area contributed by atoms with E-state index in [0.29, 0.717) is 5.95 Å². The fraction of sp³-hybridized carbons (Fsp3) is 0.615. The second kappa shape index (κ2) is 7.04. The molecule has 1 aromatic heterocycles. The van der Waals surface area contributed by atoms with Crippen molar-refractivity contribution in [1.29, 1.82) is 0 Å². The lowest BCUT2D eigenvalue weighted by Crippen LogP contribution is -2.44. The van der Waals surface area contributed by atoms with Gasteiger partial charge in [-0.25, -0.2) is 4.98 Å². The van der Waals surface area contributed by atoms with Crippen molar-refractivity contribution in [2.75, 3.05) is 19.0 Å². The summed E-state index contributed by atoms with van der Waals surface area (Å²) in [6.45, 7) is 6.01. The van der Waals surface area contributed by atoms with E-state index in [2.05, 4.69) is 20.6 Å². The number of carbonyl (C=O) groups excluding carboxylic acids is 2. The Kier molecular flexibility index (Phi) is 5.69. The largest absolute Gasteiger partial charge is 0.371 e. The predicted octanol–water partition coefficient (Wildman–Crippen LogP) is 0.916. The maximum absolute atomic E-state index is 11.9. The molecule has 112 valence electrons. The molecule has 0 fully saturated rings. The van der Waals surface area contributed by atoms with Crippen molar-refractivity contribution in [3.05, 3.63) is 12.4 Å². The summed E-state index contributed by atoms with van der Waals surface area (Å²) in [7, 11) is 1.50. The summed E-state index contributed by atoms with van der Waals surface area (Å²) in [5.41, 5.74) is -0.296. The van der Waals surface area contributed by atoms with Gasteiger partial charge in [-0.15, -0.1) is 0 Å². The highest BCUT2D eigenvalue weighted by Crippen LogP contribution is 2.21. The zero-order valence-corrected chi connectivity index (χ0v) is 12.3. The van der Waals surface area contributed by atoms with Gasteiger partial charge in [0.25, 0.3) is 0 Å². The SMILES string of the molecule is COC(C(=O)NCCC(=O)Nc1ncc[nH]1)C(C)(C)C. The van der Waals surface area contributed by atoms with Crippen molar-refractivity contribution in [3.8, 4) is 0 Å². The van der Waals surface area contributed by atoms with Gasteiger partial charge in [-0.05, 0) is 5.41 Å². The normalized spacial score (nSPS) is 12.8. The number of rotatable bonds is 6. The van der Waals surface area contributed by atoms with E-state index in [9.17, 15) is 9.59 Å². The Morgan fingerprint density at radius 1 is 1.45 bits per heavy atom. The number of nitrogens with zero attached hydrogens (tertiary/aromatic N) is 1. The molecule has 0 aliphatic heterocycles. The van der Waals surface area contributed by atoms with E-state index in [0.717, 1.165) is 0 Å². The molecule has 1 rings (SSSR count). The van der Waals surface area contributed by atoms with Crippen LogP contribution in [0.2, 0.25) is 0 Å². The molecule has 0 bridgehead atoms. The summed E-state index contributed by atoms with van der Waals surface area (Å²) < 4.78 is 5.19. The minimum atomic E-state index is -0.546. The summed E-state index contributed by atoms with van der Waals surface area (Å²) in [4.78, 5) is 30.2. The number of imidazole rings is 1. The third kappa shape index (κ3) is 5.00. The molecule has 1 atom stereocenters. The van der Waals surface area contributed by atoms with Gasteiger partial charge >= 0.3 is 0 Å². The van der Waals surface area contributed by atoms with E-state index in [1.807, 2.05) is 20.8 Å². The molecule has 7 nitrogen and oxygen atoms in total. The number of amides is 2. The maximum atomic E-state index is 11.9. The molecule has 0 radical (unpaired) electrons. The highest BCUT2D eigenvalue weighted by Gasteiger charge is 2.30. The number of hydrogen-bond donors (Lipinski definition) is 3. The molecule has 1 aromatic rings. The Hall–Kier alpha value is -1.89. The highest BCUT2D eigenvalue weighted by atomic mass is 16.5. The second-order valence-electron chi connectivity index (χ2n) is 5.51. The molecule has 0 aliphatic carbocycles.